The Labute approximate surface area is 184 Å². The molecular weight excluding hydrogens is 420 g/mol. The molecule has 31 heavy (non-hydrogen) atoms. The van der Waals surface area contributed by atoms with Crippen molar-refractivity contribution in [1.29, 1.82) is 0 Å². The lowest BCUT2D eigenvalue weighted by atomic mass is 10.1. The number of benzene rings is 1. The van der Waals surface area contributed by atoms with Crippen LogP contribution in [0.15, 0.2) is 48.8 Å². The van der Waals surface area contributed by atoms with E-state index in [1.807, 2.05) is 13.0 Å². The molecule has 4 rings (SSSR count). The van der Waals surface area contributed by atoms with Crippen LogP contribution in [0.2, 0.25) is 5.02 Å². The molecule has 0 N–H and O–H groups in total. The summed E-state index contributed by atoms with van der Waals surface area (Å²) in [7, 11) is 1.50. The summed E-state index contributed by atoms with van der Waals surface area (Å²) in [6, 6.07) is 12.0. The van der Waals surface area contributed by atoms with E-state index in [2.05, 4.69) is 15.1 Å². The molecular formula is C21H21ClN6O3. The van der Waals surface area contributed by atoms with Gasteiger partial charge in [0.1, 0.15) is 12.0 Å². The quantitative estimate of drug-likeness (QED) is 0.618. The lowest BCUT2D eigenvalue weighted by molar-refractivity contribution is 0.0404. The number of hydrogen-bond donors (Lipinski definition) is 0. The van der Waals surface area contributed by atoms with E-state index in [-0.39, 0.29) is 23.7 Å². The fraction of sp³-hybridized carbons (Fsp3) is 0.286. The van der Waals surface area contributed by atoms with Crippen LogP contribution in [0.1, 0.15) is 28.0 Å². The van der Waals surface area contributed by atoms with Gasteiger partial charge in [-0.25, -0.2) is 14.6 Å². The first-order valence-electron chi connectivity index (χ1n) is 9.75. The van der Waals surface area contributed by atoms with E-state index >= 15 is 0 Å². The summed E-state index contributed by atoms with van der Waals surface area (Å²) in [6.45, 7) is 3.05. The Kier molecular flexibility index (Phi) is 5.85. The van der Waals surface area contributed by atoms with Crippen LogP contribution in [0.3, 0.4) is 0 Å². The number of hydrogen-bond acceptors (Lipinski definition) is 6. The highest BCUT2D eigenvalue weighted by Crippen LogP contribution is 2.17. The van der Waals surface area contributed by atoms with Crippen molar-refractivity contribution < 1.29 is 14.3 Å². The summed E-state index contributed by atoms with van der Waals surface area (Å²) in [6.07, 6.45) is 1.48. The number of rotatable bonds is 4. The predicted molar refractivity (Wildman–Crippen MR) is 114 cm³/mol. The molecule has 9 nitrogen and oxygen atoms in total. The fourth-order valence-corrected chi connectivity index (χ4v) is 3.67. The van der Waals surface area contributed by atoms with E-state index < -0.39 is 0 Å². The largest absolute Gasteiger partial charge is 0.481 e. The third-order valence-electron chi connectivity index (χ3n) is 5.08. The number of halogens is 1. The molecule has 3 aromatic rings. The van der Waals surface area contributed by atoms with E-state index in [0.29, 0.717) is 41.9 Å². The SMILES string of the molecule is COc1cccc(C(=O)N2CCN(C(=O)c3ncn(-c4cccc(Cl)c4)n3)[C@@H](C)C2)n1. The molecule has 1 fully saturated rings. The van der Waals surface area contributed by atoms with Gasteiger partial charge in [0.05, 0.1) is 12.8 Å². The minimum atomic E-state index is -0.278. The molecule has 10 heteroatoms. The zero-order valence-electron chi connectivity index (χ0n) is 17.1. The Balaban J connectivity index is 1.44. The van der Waals surface area contributed by atoms with Crippen LogP contribution in [0.4, 0.5) is 0 Å². The Morgan fingerprint density at radius 3 is 2.68 bits per heavy atom. The number of carbonyl (C=O) groups is 2. The van der Waals surface area contributed by atoms with Crippen molar-refractivity contribution in [2.24, 2.45) is 0 Å². The van der Waals surface area contributed by atoms with Gasteiger partial charge < -0.3 is 14.5 Å². The van der Waals surface area contributed by atoms with E-state index in [1.54, 1.807) is 46.2 Å². The Bertz CT molecular complexity index is 1120. The monoisotopic (exact) mass is 440 g/mol. The molecule has 2 amide bonds. The van der Waals surface area contributed by atoms with Crippen LogP contribution in [-0.4, -0.2) is 74.1 Å². The molecule has 160 valence electrons. The Hall–Kier alpha value is -3.46. The maximum Gasteiger partial charge on any atom is 0.293 e. The first-order chi connectivity index (χ1) is 15.0. The van der Waals surface area contributed by atoms with Gasteiger partial charge >= 0.3 is 0 Å². The summed E-state index contributed by atoms with van der Waals surface area (Å²) < 4.78 is 6.61. The summed E-state index contributed by atoms with van der Waals surface area (Å²) in [5.41, 5.74) is 1.03. The number of aromatic nitrogens is 4. The van der Waals surface area contributed by atoms with E-state index in [4.69, 9.17) is 16.3 Å². The predicted octanol–water partition coefficient (Wildman–Crippen LogP) is 2.31. The van der Waals surface area contributed by atoms with E-state index in [0.717, 1.165) is 0 Å². The summed E-state index contributed by atoms with van der Waals surface area (Å²) in [5, 5.41) is 4.87. The van der Waals surface area contributed by atoms with Gasteiger partial charge in [0.15, 0.2) is 0 Å². The van der Waals surface area contributed by atoms with Gasteiger partial charge in [0, 0.05) is 36.8 Å². The van der Waals surface area contributed by atoms with Crippen molar-refractivity contribution in [3.8, 4) is 11.6 Å². The molecule has 0 bridgehead atoms. The lowest BCUT2D eigenvalue weighted by Gasteiger charge is -2.39. The second kappa shape index (κ2) is 8.73. The van der Waals surface area contributed by atoms with Gasteiger partial charge in [0.2, 0.25) is 11.7 Å². The van der Waals surface area contributed by atoms with Crippen molar-refractivity contribution in [2.75, 3.05) is 26.7 Å². The van der Waals surface area contributed by atoms with Crippen molar-refractivity contribution in [3.63, 3.8) is 0 Å². The molecule has 0 aliphatic carbocycles. The number of piperazine rings is 1. The second-order valence-electron chi connectivity index (χ2n) is 7.16. The standard InChI is InChI=1S/C21H21ClN6O3/c1-14-12-26(20(29)17-7-4-8-18(24-17)31-2)9-10-27(14)21(30)19-23-13-28(25-19)16-6-3-5-15(22)11-16/h3-8,11,13-14H,9-10,12H2,1-2H3/t14-/m0/s1. The van der Waals surface area contributed by atoms with Crippen LogP contribution in [0.25, 0.3) is 5.69 Å². The first kappa shape index (κ1) is 20.8. The van der Waals surface area contributed by atoms with Gasteiger partial charge in [0.25, 0.3) is 11.8 Å². The highest BCUT2D eigenvalue weighted by molar-refractivity contribution is 6.30. The molecule has 0 saturated carbocycles. The van der Waals surface area contributed by atoms with Gasteiger partial charge in [-0.15, -0.1) is 5.10 Å². The molecule has 1 aliphatic rings. The normalized spacial score (nSPS) is 16.3. The Morgan fingerprint density at radius 2 is 1.94 bits per heavy atom. The van der Waals surface area contributed by atoms with Gasteiger partial charge in [-0.3, -0.25) is 9.59 Å². The smallest absolute Gasteiger partial charge is 0.293 e. The summed E-state index contributed by atoms with van der Waals surface area (Å²) in [4.78, 5) is 37.5. The molecule has 3 heterocycles. The third-order valence-corrected chi connectivity index (χ3v) is 5.32. The van der Waals surface area contributed by atoms with Gasteiger partial charge in [-0.05, 0) is 31.2 Å². The second-order valence-corrected chi connectivity index (χ2v) is 7.59. The average molecular weight is 441 g/mol. The van der Waals surface area contributed by atoms with Gasteiger partial charge in [-0.1, -0.05) is 23.7 Å². The molecule has 1 saturated heterocycles. The minimum absolute atomic E-state index is 0.0982. The van der Waals surface area contributed by atoms with Crippen LogP contribution in [0, 0.1) is 0 Å². The number of carbonyl (C=O) groups excluding carboxylic acids is 2. The number of ether oxygens (including phenoxy) is 1. The van der Waals surface area contributed by atoms with Crippen molar-refractivity contribution in [1.82, 2.24) is 29.5 Å². The molecule has 1 aliphatic heterocycles. The lowest BCUT2D eigenvalue weighted by Crippen LogP contribution is -2.55. The minimum Gasteiger partial charge on any atom is -0.481 e. The molecule has 0 unspecified atom stereocenters. The van der Waals surface area contributed by atoms with Crippen LogP contribution in [0.5, 0.6) is 5.88 Å². The van der Waals surface area contributed by atoms with Crippen LogP contribution < -0.4 is 4.74 Å². The molecule has 2 aromatic heterocycles. The molecule has 0 spiro atoms. The van der Waals surface area contributed by atoms with Crippen molar-refractivity contribution >= 4 is 23.4 Å². The number of pyridine rings is 1. The van der Waals surface area contributed by atoms with Gasteiger partial charge in [-0.2, -0.15) is 0 Å². The third kappa shape index (κ3) is 4.36. The molecule has 1 aromatic carbocycles. The highest BCUT2D eigenvalue weighted by atomic mass is 35.5. The number of nitrogens with zero attached hydrogens (tertiary/aromatic N) is 6. The van der Waals surface area contributed by atoms with Crippen molar-refractivity contribution in [2.45, 2.75) is 13.0 Å². The molecule has 0 radical (unpaired) electrons. The maximum absolute atomic E-state index is 13.0. The van der Waals surface area contributed by atoms with E-state index in [9.17, 15) is 9.59 Å². The average Bonchev–Trinajstić information content (AvgIpc) is 3.28. The Morgan fingerprint density at radius 1 is 1.13 bits per heavy atom. The topological polar surface area (TPSA) is 93.5 Å². The highest BCUT2D eigenvalue weighted by Gasteiger charge is 2.32. The maximum atomic E-state index is 13.0. The van der Waals surface area contributed by atoms with Crippen molar-refractivity contribution in [3.05, 3.63) is 65.3 Å². The zero-order valence-corrected chi connectivity index (χ0v) is 17.9. The van der Waals surface area contributed by atoms with Crippen LogP contribution >= 0.6 is 11.6 Å². The zero-order chi connectivity index (χ0) is 22.0. The first-order valence-corrected chi connectivity index (χ1v) is 10.1. The summed E-state index contributed by atoms with van der Waals surface area (Å²) >= 11 is 6.03. The fourth-order valence-electron chi connectivity index (χ4n) is 3.49. The number of methoxy groups -OCH3 is 1. The number of amides is 2. The van der Waals surface area contributed by atoms with E-state index in [1.165, 1.54) is 18.1 Å². The van der Waals surface area contributed by atoms with Crippen LogP contribution in [-0.2, 0) is 0 Å². The summed E-state index contributed by atoms with van der Waals surface area (Å²) in [5.74, 6) is 0.0104. The molecule has 1 atom stereocenters.